The first-order valence-corrected chi connectivity index (χ1v) is 14.7. The number of aliphatic hydroxyl groups excluding tert-OH is 1. The fraction of sp³-hybridized carbons (Fsp3) is 0.324. The fourth-order valence-electron chi connectivity index (χ4n) is 5.74. The molecule has 0 aromatic heterocycles. The summed E-state index contributed by atoms with van der Waals surface area (Å²) in [5.41, 5.74) is 0.843. The third kappa shape index (κ3) is 7.23. The van der Waals surface area contributed by atoms with Gasteiger partial charge in [0.1, 0.15) is 5.60 Å². The number of rotatable bonds is 14. The summed E-state index contributed by atoms with van der Waals surface area (Å²) in [5, 5.41) is 22.2. The number of ether oxygens (including phenoxy) is 3. The van der Waals surface area contributed by atoms with Crippen LogP contribution in [0.3, 0.4) is 0 Å². The first-order valence-electron chi connectivity index (χ1n) is 14.7. The molecule has 0 bridgehead atoms. The summed E-state index contributed by atoms with van der Waals surface area (Å²) in [6.07, 6.45) is -2.04. The van der Waals surface area contributed by atoms with Crippen molar-refractivity contribution in [2.75, 3.05) is 13.7 Å². The summed E-state index contributed by atoms with van der Waals surface area (Å²) < 4.78 is 18.3. The Hall–Kier alpha value is -3.81. The van der Waals surface area contributed by atoms with Gasteiger partial charge >= 0.3 is 5.97 Å². The van der Waals surface area contributed by atoms with Gasteiger partial charge in [-0.25, -0.2) is 4.79 Å². The summed E-state index contributed by atoms with van der Waals surface area (Å²) >= 11 is 0. The fourth-order valence-corrected chi connectivity index (χ4v) is 5.74. The Labute approximate surface area is 254 Å². The molecular weight excluding hydrogens is 540 g/mol. The van der Waals surface area contributed by atoms with E-state index >= 15 is 0 Å². The van der Waals surface area contributed by atoms with Crippen LogP contribution in [0.1, 0.15) is 43.0 Å². The average molecular weight is 583 g/mol. The minimum atomic E-state index is -2.12. The lowest BCUT2D eigenvalue weighted by molar-refractivity contribution is -0.184. The van der Waals surface area contributed by atoms with Crippen molar-refractivity contribution in [1.29, 1.82) is 0 Å². The molecule has 5 atom stereocenters. The molecule has 6 nitrogen and oxygen atoms in total. The second-order valence-corrected chi connectivity index (χ2v) is 11.3. The zero-order valence-electron chi connectivity index (χ0n) is 25.3. The summed E-state index contributed by atoms with van der Waals surface area (Å²) in [6.45, 7) is 5.56. The molecule has 6 heteroatoms. The van der Waals surface area contributed by atoms with Crippen LogP contribution in [0.5, 0.6) is 0 Å². The minimum absolute atomic E-state index is 0.246. The molecule has 43 heavy (non-hydrogen) atoms. The lowest BCUT2D eigenvalue weighted by atomic mass is 9.79. The van der Waals surface area contributed by atoms with E-state index in [1.165, 1.54) is 14.0 Å². The normalized spacial score (nSPS) is 16.0. The monoisotopic (exact) mass is 582 g/mol. The third-order valence-corrected chi connectivity index (χ3v) is 8.14. The van der Waals surface area contributed by atoms with Crippen LogP contribution < -0.4 is 0 Å². The Kier molecular flexibility index (Phi) is 10.9. The van der Waals surface area contributed by atoms with Gasteiger partial charge in [0.25, 0.3) is 0 Å². The zero-order valence-corrected chi connectivity index (χ0v) is 25.3. The van der Waals surface area contributed by atoms with E-state index in [1.807, 2.05) is 91.9 Å². The van der Waals surface area contributed by atoms with Crippen molar-refractivity contribution in [2.45, 2.75) is 50.8 Å². The number of benzene rings is 4. The number of aliphatic hydroxyl groups is 2. The van der Waals surface area contributed by atoms with Gasteiger partial charge < -0.3 is 24.4 Å². The molecule has 0 amide bonds. The minimum Gasteiger partial charge on any atom is -0.467 e. The van der Waals surface area contributed by atoms with E-state index in [9.17, 15) is 15.0 Å². The standard InChI is InChI=1S/C37H42O6/c1-27(33(42-26-29-17-9-5-10-18-29)28(2)34(38)36(3,40)35(39)41-4)25-43-37(30-19-11-6-12-20-30,31-21-13-7-14-22-31)32-23-15-8-16-24-32/h5-24,27-28,33-34,38,40H,25-26H2,1-4H3/t27-,28-,33+,34+,36-/m0/s1. The van der Waals surface area contributed by atoms with Gasteiger partial charge in [0.2, 0.25) is 0 Å². The Morgan fingerprint density at radius 1 is 0.744 bits per heavy atom. The van der Waals surface area contributed by atoms with Crippen molar-refractivity contribution >= 4 is 5.97 Å². The van der Waals surface area contributed by atoms with Crippen molar-refractivity contribution < 1.29 is 29.2 Å². The van der Waals surface area contributed by atoms with E-state index in [4.69, 9.17) is 14.2 Å². The van der Waals surface area contributed by atoms with E-state index < -0.39 is 35.3 Å². The molecule has 0 aliphatic heterocycles. The van der Waals surface area contributed by atoms with Gasteiger partial charge in [-0.3, -0.25) is 0 Å². The van der Waals surface area contributed by atoms with Gasteiger partial charge in [0.05, 0.1) is 32.5 Å². The number of hydrogen-bond donors (Lipinski definition) is 2. The highest BCUT2D eigenvalue weighted by Gasteiger charge is 2.46. The predicted molar refractivity (Wildman–Crippen MR) is 167 cm³/mol. The first kappa shape index (κ1) is 32.1. The van der Waals surface area contributed by atoms with Gasteiger partial charge in [0, 0.05) is 11.8 Å². The molecule has 226 valence electrons. The van der Waals surface area contributed by atoms with E-state index in [0.717, 1.165) is 22.3 Å². The molecule has 0 spiro atoms. The molecule has 4 aromatic carbocycles. The van der Waals surface area contributed by atoms with Crippen LogP contribution in [0, 0.1) is 11.8 Å². The maximum absolute atomic E-state index is 12.4. The van der Waals surface area contributed by atoms with Crippen molar-refractivity contribution in [3.63, 3.8) is 0 Å². The van der Waals surface area contributed by atoms with Gasteiger partial charge in [-0.05, 0) is 29.2 Å². The van der Waals surface area contributed by atoms with E-state index in [0.29, 0.717) is 0 Å². The van der Waals surface area contributed by atoms with Crippen LogP contribution in [0.15, 0.2) is 121 Å². The lowest BCUT2D eigenvalue weighted by Gasteiger charge is -2.40. The Morgan fingerprint density at radius 2 is 1.16 bits per heavy atom. The summed E-state index contributed by atoms with van der Waals surface area (Å²) in [4.78, 5) is 12.4. The maximum Gasteiger partial charge on any atom is 0.340 e. The SMILES string of the molecule is COC(=O)[C@@](C)(O)[C@H](O)[C@@H](C)[C@H](OCc1ccccc1)[C@@H](C)COC(c1ccccc1)(c1ccccc1)c1ccccc1. The largest absolute Gasteiger partial charge is 0.467 e. The Bertz CT molecular complexity index is 1300. The second-order valence-electron chi connectivity index (χ2n) is 11.3. The van der Waals surface area contributed by atoms with Crippen LogP contribution in [0.25, 0.3) is 0 Å². The first-order chi connectivity index (χ1) is 20.7. The summed E-state index contributed by atoms with van der Waals surface area (Å²) in [6, 6.07) is 40.1. The lowest BCUT2D eigenvalue weighted by Crippen LogP contribution is -2.54. The molecular formula is C37H42O6. The molecule has 2 N–H and O–H groups in total. The molecule has 4 aromatic rings. The summed E-state index contributed by atoms with van der Waals surface area (Å²) in [7, 11) is 1.18. The number of hydrogen-bond acceptors (Lipinski definition) is 6. The highest BCUT2D eigenvalue weighted by atomic mass is 16.5. The number of methoxy groups -OCH3 is 1. The maximum atomic E-state index is 12.4. The molecule has 0 aliphatic carbocycles. The summed E-state index contributed by atoms with van der Waals surface area (Å²) in [5.74, 6) is -1.83. The van der Waals surface area contributed by atoms with Gasteiger partial charge in [-0.1, -0.05) is 135 Å². The molecule has 0 saturated carbocycles. The smallest absolute Gasteiger partial charge is 0.340 e. The predicted octanol–water partition coefficient (Wildman–Crippen LogP) is 6.14. The third-order valence-electron chi connectivity index (χ3n) is 8.14. The van der Waals surface area contributed by atoms with Crippen molar-refractivity contribution in [1.82, 2.24) is 0 Å². The van der Waals surface area contributed by atoms with Crippen molar-refractivity contribution in [3.05, 3.63) is 144 Å². The van der Waals surface area contributed by atoms with Crippen molar-refractivity contribution in [2.24, 2.45) is 11.8 Å². The van der Waals surface area contributed by atoms with Gasteiger partial charge in [0.15, 0.2) is 5.60 Å². The second kappa shape index (κ2) is 14.6. The van der Waals surface area contributed by atoms with Crippen LogP contribution in [0.2, 0.25) is 0 Å². The van der Waals surface area contributed by atoms with Crippen LogP contribution >= 0.6 is 0 Å². The van der Waals surface area contributed by atoms with E-state index in [1.54, 1.807) is 6.92 Å². The zero-order chi connectivity index (χ0) is 30.9. The molecule has 0 aliphatic rings. The molecule has 0 unspecified atom stereocenters. The van der Waals surface area contributed by atoms with Crippen molar-refractivity contribution in [3.8, 4) is 0 Å². The number of esters is 1. The van der Waals surface area contributed by atoms with Gasteiger partial charge in [-0.15, -0.1) is 0 Å². The highest BCUT2D eigenvalue weighted by molar-refractivity contribution is 5.79. The molecule has 4 rings (SSSR count). The Morgan fingerprint density at radius 3 is 1.58 bits per heavy atom. The Balaban J connectivity index is 1.71. The average Bonchev–Trinajstić information content (AvgIpc) is 3.06. The number of carbonyl (C=O) groups is 1. The molecule has 0 saturated heterocycles. The highest BCUT2D eigenvalue weighted by Crippen LogP contribution is 2.41. The quantitative estimate of drug-likeness (QED) is 0.137. The van der Waals surface area contributed by atoms with E-state index in [-0.39, 0.29) is 19.1 Å². The topological polar surface area (TPSA) is 85.2 Å². The van der Waals surface area contributed by atoms with Crippen LogP contribution in [-0.2, 0) is 31.2 Å². The van der Waals surface area contributed by atoms with E-state index in [2.05, 4.69) is 36.4 Å². The van der Waals surface area contributed by atoms with Crippen LogP contribution in [0.4, 0.5) is 0 Å². The molecule has 0 radical (unpaired) electrons. The molecule has 0 fully saturated rings. The van der Waals surface area contributed by atoms with Crippen LogP contribution in [-0.4, -0.2) is 47.7 Å². The number of carbonyl (C=O) groups excluding carboxylic acids is 1. The molecule has 0 heterocycles. The van der Waals surface area contributed by atoms with Gasteiger partial charge in [-0.2, -0.15) is 0 Å².